The Morgan fingerprint density at radius 2 is 1.91 bits per heavy atom. The fraction of sp³-hybridized carbons (Fsp3) is 0.556. The third-order valence-electron chi connectivity index (χ3n) is 3.41. The van der Waals surface area contributed by atoms with Crippen LogP contribution in [-0.2, 0) is 20.8 Å². The second-order valence-corrected chi connectivity index (χ2v) is 5.31. The Morgan fingerprint density at radius 1 is 1.17 bits per heavy atom. The van der Waals surface area contributed by atoms with Crippen molar-refractivity contribution in [3.63, 3.8) is 0 Å². The van der Waals surface area contributed by atoms with Crippen LogP contribution in [0.2, 0.25) is 0 Å². The van der Waals surface area contributed by atoms with Crippen molar-refractivity contribution in [3.8, 4) is 5.75 Å². The van der Waals surface area contributed by atoms with Crippen molar-refractivity contribution in [2.45, 2.75) is 38.1 Å². The first kappa shape index (κ1) is 19.6. The zero-order valence-electron chi connectivity index (χ0n) is 14.1. The molecule has 0 unspecified atom stereocenters. The van der Waals surface area contributed by atoms with Gasteiger partial charge in [-0.15, -0.1) is 6.58 Å². The van der Waals surface area contributed by atoms with Crippen molar-refractivity contribution in [2.75, 3.05) is 27.6 Å². The number of aliphatic hydroxyl groups is 1. The first-order valence-corrected chi connectivity index (χ1v) is 7.79. The predicted octanol–water partition coefficient (Wildman–Crippen LogP) is 2.92. The molecule has 1 N–H and O–H groups in total. The van der Waals surface area contributed by atoms with E-state index in [9.17, 15) is 5.11 Å². The van der Waals surface area contributed by atoms with Gasteiger partial charge in [0.15, 0.2) is 0 Å². The van der Waals surface area contributed by atoms with E-state index in [1.165, 1.54) is 0 Å². The van der Waals surface area contributed by atoms with E-state index in [4.69, 9.17) is 18.9 Å². The Bertz CT molecular complexity index is 418. The molecule has 1 rings (SSSR count). The Labute approximate surface area is 138 Å². The van der Waals surface area contributed by atoms with Gasteiger partial charge in [-0.1, -0.05) is 18.2 Å². The molecule has 0 bridgehead atoms. The molecule has 23 heavy (non-hydrogen) atoms. The highest BCUT2D eigenvalue weighted by atomic mass is 16.7. The zero-order chi connectivity index (χ0) is 16.9. The van der Waals surface area contributed by atoms with Crippen LogP contribution in [0.15, 0.2) is 36.9 Å². The van der Waals surface area contributed by atoms with Gasteiger partial charge in [-0.2, -0.15) is 0 Å². The van der Waals surface area contributed by atoms with Crippen molar-refractivity contribution >= 4 is 0 Å². The molecule has 0 radical (unpaired) electrons. The van der Waals surface area contributed by atoms with E-state index in [1.807, 2.05) is 24.3 Å². The predicted molar refractivity (Wildman–Crippen MR) is 89.5 cm³/mol. The number of methoxy groups -OCH3 is 2. The van der Waals surface area contributed by atoms with Gasteiger partial charge in [-0.25, -0.2) is 0 Å². The molecule has 0 heterocycles. The van der Waals surface area contributed by atoms with Gasteiger partial charge in [0.2, 0.25) is 0 Å². The molecule has 0 saturated carbocycles. The Kier molecular flexibility index (Phi) is 10.3. The van der Waals surface area contributed by atoms with E-state index in [1.54, 1.807) is 20.3 Å². The number of rotatable bonds is 13. The van der Waals surface area contributed by atoms with E-state index in [-0.39, 0.29) is 19.0 Å². The first-order valence-electron chi connectivity index (χ1n) is 7.79. The molecule has 1 aromatic carbocycles. The number of ether oxygens (including phenoxy) is 4. The smallest absolute Gasteiger partial charge is 0.146 e. The van der Waals surface area contributed by atoms with Gasteiger partial charge in [0, 0.05) is 7.11 Å². The van der Waals surface area contributed by atoms with Crippen LogP contribution in [0.5, 0.6) is 5.75 Å². The fourth-order valence-electron chi connectivity index (χ4n) is 2.10. The summed E-state index contributed by atoms with van der Waals surface area (Å²) in [5.41, 5.74) is 1.07. The number of hydrogen-bond acceptors (Lipinski definition) is 5. The maximum absolute atomic E-state index is 9.77. The minimum absolute atomic E-state index is 0.104. The Morgan fingerprint density at radius 3 is 2.52 bits per heavy atom. The van der Waals surface area contributed by atoms with Crippen molar-refractivity contribution in [3.05, 3.63) is 42.5 Å². The molecular weight excluding hydrogens is 296 g/mol. The summed E-state index contributed by atoms with van der Waals surface area (Å²) in [6, 6.07) is 7.75. The maximum atomic E-state index is 9.77. The quantitative estimate of drug-likeness (QED) is 0.446. The second-order valence-electron chi connectivity index (χ2n) is 5.31. The minimum atomic E-state index is -0.386. The summed E-state index contributed by atoms with van der Waals surface area (Å²) in [5.74, 6) is 0.825. The average molecular weight is 324 g/mol. The van der Waals surface area contributed by atoms with E-state index in [2.05, 4.69) is 6.58 Å². The molecule has 0 fully saturated rings. The maximum Gasteiger partial charge on any atom is 0.146 e. The molecule has 0 amide bonds. The lowest BCUT2D eigenvalue weighted by molar-refractivity contribution is -0.104. The van der Waals surface area contributed by atoms with Crippen LogP contribution in [0.4, 0.5) is 0 Å². The number of aliphatic hydroxyl groups excluding tert-OH is 1. The highest BCUT2D eigenvalue weighted by Gasteiger charge is 2.12. The molecule has 0 saturated heterocycles. The SMILES string of the molecule is C=CC[C@H](O)CC[C@H](COCc1ccc(OC)cc1)OCOC. The lowest BCUT2D eigenvalue weighted by atomic mass is 10.1. The third kappa shape index (κ3) is 8.71. The average Bonchev–Trinajstić information content (AvgIpc) is 2.57. The normalized spacial score (nSPS) is 13.5. The molecule has 130 valence electrons. The molecule has 1 aromatic rings. The van der Waals surface area contributed by atoms with Gasteiger partial charge in [0.05, 0.1) is 32.5 Å². The van der Waals surface area contributed by atoms with Gasteiger partial charge < -0.3 is 24.1 Å². The van der Waals surface area contributed by atoms with Crippen molar-refractivity contribution in [2.24, 2.45) is 0 Å². The van der Waals surface area contributed by atoms with Gasteiger partial charge in [0.25, 0.3) is 0 Å². The van der Waals surface area contributed by atoms with Gasteiger partial charge in [0.1, 0.15) is 12.5 Å². The summed E-state index contributed by atoms with van der Waals surface area (Å²) >= 11 is 0. The van der Waals surface area contributed by atoms with Crippen LogP contribution >= 0.6 is 0 Å². The molecule has 0 spiro atoms. The molecule has 0 aliphatic heterocycles. The van der Waals surface area contributed by atoms with Gasteiger partial charge in [-0.05, 0) is 37.0 Å². The Balaban J connectivity index is 2.35. The minimum Gasteiger partial charge on any atom is -0.497 e. The van der Waals surface area contributed by atoms with E-state index in [0.29, 0.717) is 32.5 Å². The molecular formula is C18H28O5. The van der Waals surface area contributed by atoms with Gasteiger partial charge in [-0.3, -0.25) is 0 Å². The summed E-state index contributed by atoms with van der Waals surface area (Å²) in [6.45, 7) is 4.80. The summed E-state index contributed by atoms with van der Waals surface area (Å²) < 4.78 is 21.4. The molecule has 0 aliphatic rings. The van der Waals surface area contributed by atoms with E-state index >= 15 is 0 Å². The summed E-state index contributed by atoms with van der Waals surface area (Å²) in [5, 5.41) is 9.77. The first-order chi connectivity index (χ1) is 11.2. The van der Waals surface area contributed by atoms with E-state index in [0.717, 1.165) is 11.3 Å². The van der Waals surface area contributed by atoms with Gasteiger partial charge >= 0.3 is 0 Å². The highest BCUT2D eigenvalue weighted by molar-refractivity contribution is 5.26. The van der Waals surface area contributed by atoms with E-state index < -0.39 is 0 Å². The standard InChI is InChI=1S/C18H28O5/c1-4-5-16(19)8-11-18(23-14-20-2)13-22-12-15-6-9-17(21-3)10-7-15/h4,6-7,9-10,16,18-19H,1,5,8,11-14H2,2-3H3/t16-,18+/m0/s1. The zero-order valence-corrected chi connectivity index (χ0v) is 14.1. The summed E-state index contributed by atoms with van der Waals surface area (Å²) in [6.07, 6.45) is 3.17. The van der Waals surface area contributed by atoms with Crippen LogP contribution in [0.25, 0.3) is 0 Å². The fourth-order valence-corrected chi connectivity index (χ4v) is 2.10. The summed E-state index contributed by atoms with van der Waals surface area (Å²) in [4.78, 5) is 0. The highest BCUT2D eigenvalue weighted by Crippen LogP contribution is 2.13. The van der Waals surface area contributed by atoms with Crippen LogP contribution in [-0.4, -0.2) is 44.9 Å². The topological polar surface area (TPSA) is 57.2 Å². The lowest BCUT2D eigenvalue weighted by Crippen LogP contribution is -2.23. The van der Waals surface area contributed by atoms with Crippen LogP contribution in [0, 0.1) is 0 Å². The van der Waals surface area contributed by atoms with Crippen LogP contribution in [0.3, 0.4) is 0 Å². The van der Waals surface area contributed by atoms with Crippen LogP contribution < -0.4 is 4.74 Å². The Hall–Kier alpha value is -1.40. The third-order valence-corrected chi connectivity index (χ3v) is 3.41. The number of benzene rings is 1. The number of hydrogen-bond donors (Lipinski definition) is 1. The molecule has 0 aromatic heterocycles. The lowest BCUT2D eigenvalue weighted by Gasteiger charge is -2.19. The van der Waals surface area contributed by atoms with Crippen LogP contribution in [0.1, 0.15) is 24.8 Å². The summed E-state index contributed by atoms with van der Waals surface area (Å²) in [7, 11) is 3.23. The van der Waals surface area contributed by atoms with Crippen molar-refractivity contribution in [1.82, 2.24) is 0 Å². The van der Waals surface area contributed by atoms with Crippen molar-refractivity contribution < 1.29 is 24.1 Å². The molecule has 5 heteroatoms. The van der Waals surface area contributed by atoms with Crippen molar-refractivity contribution in [1.29, 1.82) is 0 Å². The molecule has 0 aliphatic carbocycles. The second kappa shape index (κ2) is 12.1. The monoisotopic (exact) mass is 324 g/mol. The molecule has 5 nitrogen and oxygen atoms in total. The largest absolute Gasteiger partial charge is 0.497 e. The molecule has 2 atom stereocenters.